The van der Waals surface area contributed by atoms with Crippen molar-refractivity contribution >= 4 is 5.69 Å². The van der Waals surface area contributed by atoms with Crippen molar-refractivity contribution in [2.45, 2.75) is 12.5 Å². The van der Waals surface area contributed by atoms with Crippen molar-refractivity contribution in [3.8, 4) is 16.9 Å². The monoisotopic (exact) mass is 351 g/mol. The third-order valence-electron chi connectivity index (χ3n) is 2.90. The fraction of sp³-hybridized carbons (Fsp3) is 0.143. The molecule has 0 aliphatic carbocycles. The Labute approximate surface area is 130 Å². The van der Waals surface area contributed by atoms with Crippen LogP contribution in [0, 0.1) is 10.1 Å². The Bertz CT molecular complexity index is 770. The Balaban J connectivity index is 2.48. The predicted molar refractivity (Wildman–Crippen MR) is 70.2 cm³/mol. The Morgan fingerprint density at radius 3 is 2.08 bits per heavy atom. The van der Waals surface area contributed by atoms with E-state index in [0.29, 0.717) is 12.1 Å². The number of nitrogens with zero attached hydrogens (tertiary/aromatic N) is 1. The summed E-state index contributed by atoms with van der Waals surface area (Å²) in [4.78, 5) is 9.63. The highest BCUT2D eigenvalue weighted by atomic mass is 19.4. The minimum atomic E-state index is -4.94. The van der Waals surface area contributed by atoms with Crippen molar-refractivity contribution in [1.29, 1.82) is 0 Å². The van der Waals surface area contributed by atoms with Gasteiger partial charge in [0.2, 0.25) is 0 Å². The summed E-state index contributed by atoms with van der Waals surface area (Å²) < 4.78 is 78.5. The molecule has 0 N–H and O–H groups in total. The molecule has 0 aliphatic heterocycles. The first-order chi connectivity index (χ1) is 11.0. The van der Waals surface area contributed by atoms with Crippen LogP contribution in [0.2, 0.25) is 0 Å². The van der Waals surface area contributed by atoms with Crippen LogP contribution in [0.1, 0.15) is 5.56 Å². The van der Waals surface area contributed by atoms with Gasteiger partial charge in [-0.3, -0.25) is 10.1 Å². The van der Waals surface area contributed by atoms with Gasteiger partial charge in [0.25, 0.3) is 5.69 Å². The zero-order chi connectivity index (χ0) is 18.1. The first-order valence-corrected chi connectivity index (χ1v) is 6.19. The van der Waals surface area contributed by atoms with E-state index in [1.54, 1.807) is 0 Å². The van der Waals surface area contributed by atoms with Gasteiger partial charge < -0.3 is 4.74 Å². The lowest BCUT2D eigenvalue weighted by molar-refractivity contribution is -0.388. The lowest BCUT2D eigenvalue weighted by Crippen LogP contribution is -2.17. The molecule has 0 atom stereocenters. The Hall–Kier alpha value is -2.78. The molecule has 10 heteroatoms. The fourth-order valence-corrected chi connectivity index (χ4v) is 1.97. The molecule has 2 aromatic rings. The topological polar surface area (TPSA) is 52.4 Å². The standard InChI is InChI=1S/C14H7F6NO3/c15-13(16,17)11-5-4-9(7-12(11)21(22)23)8-2-1-3-10(6-8)24-14(18,19)20/h1-7H. The lowest BCUT2D eigenvalue weighted by atomic mass is 10.0. The number of benzene rings is 2. The largest absolute Gasteiger partial charge is 0.573 e. The van der Waals surface area contributed by atoms with E-state index in [9.17, 15) is 36.5 Å². The second-order valence-corrected chi connectivity index (χ2v) is 4.56. The Kier molecular flexibility index (Phi) is 4.41. The summed E-state index contributed by atoms with van der Waals surface area (Å²) in [5, 5.41) is 10.8. The molecule has 24 heavy (non-hydrogen) atoms. The number of halogens is 6. The fourth-order valence-electron chi connectivity index (χ4n) is 1.97. The van der Waals surface area contributed by atoms with Gasteiger partial charge in [-0.15, -0.1) is 13.2 Å². The number of alkyl halides is 6. The molecule has 2 aromatic carbocycles. The van der Waals surface area contributed by atoms with Gasteiger partial charge in [-0.25, -0.2) is 0 Å². The molecule has 0 heterocycles. The van der Waals surface area contributed by atoms with Gasteiger partial charge in [-0.2, -0.15) is 13.2 Å². The van der Waals surface area contributed by atoms with Crippen LogP contribution in [0.25, 0.3) is 11.1 Å². The van der Waals surface area contributed by atoms with Gasteiger partial charge in [-0.1, -0.05) is 18.2 Å². The highest BCUT2D eigenvalue weighted by Gasteiger charge is 2.38. The highest BCUT2D eigenvalue weighted by Crippen LogP contribution is 2.38. The average Bonchev–Trinajstić information content (AvgIpc) is 2.44. The van der Waals surface area contributed by atoms with Crippen LogP contribution in [0.3, 0.4) is 0 Å². The molecule has 0 bridgehead atoms. The Morgan fingerprint density at radius 2 is 1.54 bits per heavy atom. The Morgan fingerprint density at radius 1 is 0.917 bits per heavy atom. The summed E-state index contributed by atoms with van der Waals surface area (Å²) in [5.74, 6) is -0.595. The maximum Gasteiger partial charge on any atom is 0.573 e. The molecule has 2 rings (SSSR count). The SMILES string of the molecule is O=[N+]([O-])c1cc(-c2cccc(OC(F)(F)F)c2)ccc1C(F)(F)F. The molecule has 0 spiro atoms. The second-order valence-electron chi connectivity index (χ2n) is 4.56. The molecule has 0 aliphatic rings. The zero-order valence-electron chi connectivity index (χ0n) is 11.5. The maximum atomic E-state index is 12.7. The number of rotatable bonds is 3. The number of nitro groups is 1. The van der Waals surface area contributed by atoms with Crippen molar-refractivity contribution in [1.82, 2.24) is 0 Å². The third-order valence-corrected chi connectivity index (χ3v) is 2.90. The van der Waals surface area contributed by atoms with Crippen LogP contribution in [-0.4, -0.2) is 11.3 Å². The van der Waals surface area contributed by atoms with Gasteiger partial charge in [-0.05, 0) is 29.3 Å². The van der Waals surface area contributed by atoms with E-state index in [1.807, 2.05) is 0 Å². The van der Waals surface area contributed by atoms with Crippen LogP contribution in [0.15, 0.2) is 42.5 Å². The molecule has 0 amide bonds. The molecule has 0 radical (unpaired) electrons. The summed E-state index contributed by atoms with van der Waals surface area (Å²) >= 11 is 0. The maximum absolute atomic E-state index is 12.7. The van der Waals surface area contributed by atoms with Crippen LogP contribution >= 0.6 is 0 Å². The molecule has 0 aromatic heterocycles. The molecular weight excluding hydrogens is 344 g/mol. The third kappa shape index (κ3) is 4.15. The predicted octanol–water partition coefficient (Wildman–Crippen LogP) is 5.18. The van der Waals surface area contributed by atoms with E-state index in [-0.39, 0.29) is 11.1 Å². The van der Waals surface area contributed by atoms with Gasteiger partial charge in [0.05, 0.1) is 4.92 Å². The van der Waals surface area contributed by atoms with Crippen LogP contribution in [-0.2, 0) is 6.18 Å². The number of ether oxygens (including phenoxy) is 1. The lowest BCUT2D eigenvalue weighted by Gasteiger charge is -2.11. The molecule has 0 unspecified atom stereocenters. The smallest absolute Gasteiger partial charge is 0.406 e. The van der Waals surface area contributed by atoms with Crippen molar-refractivity contribution in [3.63, 3.8) is 0 Å². The molecule has 0 saturated heterocycles. The first-order valence-electron chi connectivity index (χ1n) is 6.19. The summed E-state index contributed by atoms with van der Waals surface area (Å²) in [6.07, 6.45) is -9.87. The van der Waals surface area contributed by atoms with Gasteiger partial charge in [0, 0.05) is 6.07 Å². The number of hydrogen-bond acceptors (Lipinski definition) is 3. The summed E-state index contributed by atoms with van der Waals surface area (Å²) in [7, 11) is 0. The van der Waals surface area contributed by atoms with Crippen molar-refractivity contribution in [2.24, 2.45) is 0 Å². The average molecular weight is 351 g/mol. The normalized spacial score (nSPS) is 12.1. The van der Waals surface area contributed by atoms with Crippen molar-refractivity contribution < 1.29 is 36.0 Å². The van der Waals surface area contributed by atoms with Crippen molar-refractivity contribution in [3.05, 3.63) is 58.1 Å². The summed E-state index contributed by atoms with van der Waals surface area (Å²) in [6, 6.07) is 6.47. The quantitative estimate of drug-likeness (QED) is 0.435. The van der Waals surface area contributed by atoms with Crippen LogP contribution < -0.4 is 4.74 Å². The molecule has 0 saturated carbocycles. The van der Waals surface area contributed by atoms with Gasteiger partial charge in [0.15, 0.2) is 0 Å². The van der Waals surface area contributed by atoms with Gasteiger partial charge >= 0.3 is 12.5 Å². The highest BCUT2D eigenvalue weighted by molar-refractivity contribution is 5.69. The van der Waals surface area contributed by atoms with E-state index in [4.69, 9.17) is 0 Å². The van der Waals surface area contributed by atoms with E-state index >= 15 is 0 Å². The van der Waals surface area contributed by atoms with E-state index in [2.05, 4.69) is 4.74 Å². The van der Waals surface area contributed by atoms with E-state index < -0.39 is 34.5 Å². The molecule has 128 valence electrons. The summed E-state index contributed by atoms with van der Waals surface area (Å²) in [5.41, 5.74) is -2.66. The minimum Gasteiger partial charge on any atom is -0.406 e. The summed E-state index contributed by atoms with van der Waals surface area (Å²) in [6.45, 7) is 0. The minimum absolute atomic E-state index is 0.0357. The number of hydrogen-bond donors (Lipinski definition) is 0. The van der Waals surface area contributed by atoms with Crippen LogP contribution in [0.4, 0.5) is 32.0 Å². The first kappa shape index (κ1) is 17.6. The molecule has 4 nitrogen and oxygen atoms in total. The van der Waals surface area contributed by atoms with Crippen molar-refractivity contribution in [2.75, 3.05) is 0 Å². The molecular formula is C14H7F6NO3. The zero-order valence-corrected chi connectivity index (χ0v) is 11.5. The van der Waals surface area contributed by atoms with Crippen LogP contribution in [0.5, 0.6) is 5.75 Å². The van der Waals surface area contributed by atoms with E-state index in [1.165, 1.54) is 12.1 Å². The molecule has 0 fully saturated rings. The van der Waals surface area contributed by atoms with Gasteiger partial charge in [0.1, 0.15) is 11.3 Å². The number of nitro benzene ring substituents is 1. The second kappa shape index (κ2) is 6.02. The van der Waals surface area contributed by atoms with E-state index in [0.717, 1.165) is 18.2 Å².